The molecule has 10 atom stereocenters. The van der Waals surface area contributed by atoms with Crippen LogP contribution in [0, 0.1) is 56.8 Å². The summed E-state index contributed by atoms with van der Waals surface area (Å²) in [5.41, 5.74) is -3.61. The van der Waals surface area contributed by atoms with Crippen LogP contribution < -0.4 is 20.1 Å². The summed E-state index contributed by atoms with van der Waals surface area (Å²) in [6.45, 7) is 17.5. The third-order valence-electron chi connectivity index (χ3n) is 19.0. The first-order chi connectivity index (χ1) is 50.2. The Hall–Kier alpha value is -8.56. The minimum absolute atomic E-state index is 0.0239. The van der Waals surface area contributed by atoms with E-state index in [9.17, 15) is 39.3 Å². The SMILES string of the molecule is COc1cc(C(=O)O[C@@H](C)OC(=O)N2CCOCC2)ccc1CC(=O)[C@@H]1N[C@@H](CC(C)(C)C)[C@](C#N)(c2ccc(Cl)cc2F)[C@H]1c1cccc(Cl)c1F.COc1cc(C(=O)O[C@H](C)OC(=O)N2CCOCC2)ccc1CC(=O)[C@@H]1N[C@@H](CC(C)(C)C)[C@](C#N)(c2ccc(Cl)cc2F)[C@H]1c1cccc(Cl)c1F. The molecule has 6 aromatic carbocycles. The second-order valence-electron chi connectivity index (χ2n) is 28.6. The highest BCUT2D eigenvalue weighted by Crippen LogP contribution is 2.55. The number of nitrogens with zero attached hydrogens (tertiary/aromatic N) is 4. The lowest BCUT2D eigenvalue weighted by atomic mass is 9.62. The molecule has 2 amide bonds. The standard InChI is InChI=1S/2C39H41Cl2F2N3O7/c2*1-22(53-37(49)46-13-15-51-16-14-46)52-36(48)24-10-9-23(31(18-24)50-5)17-30(47)35-33(26-7-6-8-28(41)34(26)43)39(21-44,32(45-35)20-38(2,3)4)27-12-11-25(40)19-29(27)42/h2*6-12,18-19,22,32-33,35,45H,13-17,20H2,1-5H3/t22-,32+,33+,35+,39+;22-,32-,33-,35-,39-/m10/s1. The zero-order chi connectivity index (χ0) is 77.3. The van der Waals surface area contributed by atoms with Crippen LogP contribution in [0.15, 0.2) is 109 Å². The minimum Gasteiger partial charge on any atom is -0.496 e. The number of rotatable bonds is 20. The van der Waals surface area contributed by atoms with Gasteiger partial charge in [-0.3, -0.25) is 9.59 Å². The van der Waals surface area contributed by atoms with Crippen molar-refractivity contribution in [1.82, 2.24) is 20.4 Å². The van der Waals surface area contributed by atoms with Crippen molar-refractivity contribution >= 4 is 82.1 Å². The molecule has 28 heteroatoms. The van der Waals surface area contributed by atoms with Crippen molar-refractivity contribution in [2.24, 2.45) is 10.8 Å². The highest BCUT2D eigenvalue weighted by molar-refractivity contribution is 6.31. The van der Waals surface area contributed by atoms with E-state index in [0.29, 0.717) is 76.6 Å². The van der Waals surface area contributed by atoms with Gasteiger partial charge in [0, 0.05) is 109 Å². The quantitative estimate of drug-likeness (QED) is 0.0409. The van der Waals surface area contributed by atoms with Gasteiger partial charge in [-0.15, -0.1) is 0 Å². The number of benzene rings is 6. The van der Waals surface area contributed by atoms with Gasteiger partial charge in [0.15, 0.2) is 11.6 Å². The summed E-state index contributed by atoms with van der Waals surface area (Å²) in [4.78, 5) is 82.8. The van der Waals surface area contributed by atoms with Crippen molar-refractivity contribution in [3.05, 3.63) is 197 Å². The molecule has 2 N–H and O–H groups in total. The zero-order valence-corrected chi connectivity index (χ0v) is 63.0. The first-order valence-electron chi connectivity index (χ1n) is 34.2. The van der Waals surface area contributed by atoms with Crippen LogP contribution in [0.1, 0.15) is 134 Å². The number of halogens is 8. The Balaban J connectivity index is 0.000000245. The average Bonchev–Trinajstić information content (AvgIpc) is 1.58. The molecule has 4 heterocycles. The lowest BCUT2D eigenvalue weighted by Crippen LogP contribution is -2.44. The van der Waals surface area contributed by atoms with Crippen molar-refractivity contribution in [1.29, 1.82) is 10.5 Å². The van der Waals surface area contributed by atoms with E-state index in [0.717, 1.165) is 12.1 Å². The number of ether oxygens (including phenoxy) is 8. The van der Waals surface area contributed by atoms with E-state index in [1.54, 1.807) is 0 Å². The fourth-order valence-electron chi connectivity index (χ4n) is 14.3. The summed E-state index contributed by atoms with van der Waals surface area (Å²) in [5.74, 6) is -7.79. The summed E-state index contributed by atoms with van der Waals surface area (Å²) >= 11 is 24.8. The highest BCUT2D eigenvalue weighted by atomic mass is 35.5. The number of ketones is 2. The Labute approximate surface area is 632 Å². The van der Waals surface area contributed by atoms with Crippen LogP contribution in [0.5, 0.6) is 11.5 Å². The maximum Gasteiger partial charge on any atom is 0.413 e. The van der Waals surface area contributed by atoms with Gasteiger partial charge in [-0.25, -0.2) is 36.7 Å². The Morgan fingerprint density at radius 1 is 0.538 bits per heavy atom. The first-order valence-corrected chi connectivity index (χ1v) is 35.7. The van der Waals surface area contributed by atoms with E-state index in [1.165, 1.54) is 135 Å². The number of morpholine rings is 2. The van der Waals surface area contributed by atoms with Gasteiger partial charge in [0.05, 0.1) is 86.0 Å². The van der Waals surface area contributed by atoms with Crippen LogP contribution in [-0.4, -0.2) is 149 Å². The van der Waals surface area contributed by atoms with E-state index in [2.05, 4.69) is 22.8 Å². The van der Waals surface area contributed by atoms with Crippen molar-refractivity contribution in [3.63, 3.8) is 0 Å². The Morgan fingerprint density at radius 3 is 1.22 bits per heavy atom. The van der Waals surface area contributed by atoms with Crippen LogP contribution in [0.2, 0.25) is 20.1 Å². The maximum absolute atomic E-state index is 16.0. The summed E-state index contributed by atoms with van der Waals surface area (Å²) in [6, 6.07) is 25.9. The molecule has 0 aromatic heterocycles. The van der Waals surface area contributed by atoms with Crippen molar-refractivity contribution < 1.29 is 84.2 Å². The lowest BCUT2D eigenvalue weighted by Gasteiger charge is -2.37. The minimum atomic E-state index is -1.78. The third kappa shape index (κ3) is 18.3. The molecule has 106 heavy (non-hydrogen) atoms. The van der Waals surface area contributed by atoms with Gasteiger partial charge in [-0.2, -0.15) is 10.5 Å². The number of nitriles is 2. The molecule has 6 aromatic rings. The van der Waals surface area contributed by atoms with Crippen molar-refractivity contribution in [3.8, 4) is 23.6 Å². The van der Waals surface area contributed by atoms with E-state index in [4.69, 9.17) is 84.3 Å². The molecule has 4 aliphatic heterocycles. The van der Waals surface area contributed by atoms with Gasteiger partial charge in [0.1, 0.15) is 45.6 Å². The van der Waals surface area contributed by atoms with E-state index in [-0.39, 0.29) is 77.8 Å². The van der Waals surface area contributed by atoms with Crippen LogP contribution >= 0.6 is 46.4 Å². The monoisotopic (exact) mass is 1540 g/mol. The van der Waals surface area contributed by atoms with Gasteiger partial charge in [0.2, 0.25) is 12.6 Å². The average molecular weight is 1550 g/mol. The molecule has 0 saturated carbocycles. The zero-order valence-electron chi connectivity index (χ0n) is 60.0. The second kappa shape index (κ2) is 34.6. The molecule has 10 rings (SSSR count). The Bertz CT molecular complexity index is 4090. The van der Waals surface area contributed by atoms with Gasteiger partial charge >= 0.3 is 24.1 Å². The number of methoxy groups -OCH3 is 2. The van der Waals surface area contributed by atoms with Gasteiger partial charge in [-0.05, 0) is 95.5 Å². The van der Waals surface area contributed by atoms with Gasteiger partial charge in [0.25, 0.3) is 0 Å². The molecule has 0 radical (unpaired) electrons. The molecule has 4 fully saturated rings. The maximum atomic E-state index is 16.0. The number of hydrogen-bond donors (Lipinski definition) is 2. The topological polar surface area (TPSA) is 254 Å². The summed E-state index contributed by atoms with van der Waals surface area (Å²) in [7, 11) is 2.74. The summed E-state index contributed by atoms with van der Waals surface area (Å²) < 4.78 is 107. The summed E-state index contributed by atoms with van der Waals surface area (Å²) in [5, 5.41) is 28.6. The number of carbonyl (C=O) groups is 6. The number of nitrogens with one attached hydrogen (secondary N) is 2. The Kier molecular flexibility index (Phi) is 26.6. The molecular weight excluding hydrogens is 1460 g/mol. The molecule has 4 saturated heterocycles. The molecule has 564 valence electrons. The van der Waals surface area contributed by atoms with Crippen molar-refractivity contribution in [2.75, 3.05) is 66.8 Å². The molecule has 4 aliphatic rings. The smallest absolute Gasteiger partial charge is 0.413 e. The Morgan fingerprint density at radius 2 is 0.896 bits per heavy atom. The van der Waals surface area contributed by atoms with E-state index < -0.39 is 129 Å². The molecule has 20 nitrogen and oxygen atoms in total. The molecule has 0 spiro atoms. The predicted octanol–water partition coefficient (Wildman–Crippen LogP) is 14.8. The van der Waals surface area contributed by atoms with Gasteiger partial charge in [-0.1, -0.05) is 136 Å². The van der Waals surface area contributed by atoms with Crippen molar-refractivity contribution in [2.45, 2.75) is 140 Å². The van der Waals surface area contributed by atoms with Crippen LogP contribution in [-0.2, 0) is 61.7 Å². The number of amides is 2. The largest absolute Gasteiger partial charge is 0.496 e. The fourth-order valence-corrected chi connectivity index (χ4v) is 14.9. The fraction of sp³-hybridized carbons (Fsp3) is 0.436. The van der Waals surface area contributed by atoms with Crippen LogP contribution in [0.4, 0.5) is 27.2 Å². The van der Waals surface area contributed by atoms with E-state index in [1.807, 2.05) is 41.5 Å². The summed E-state index contributed by atoms with van der Waals surface area (Å²) in [6.07, 6.45) is -3.59. The third-order valence-corrected chi connectivity index (χ3v) is 20.0. The van der Waals surface area contributed by atoms with E-state index >= 15 is 17.6 Å². The second-order valence-corrected chi connectivity index (χ2v) is 30.3. The van der Waals surface area contributed by atoms with Crippen LogP contribution in [0.3, 0.4) is 0 Å². The normalized spacial score (nSPS) is 22.1. The molecule has 0 unspecified atom stereocenters. The van der Waals surface area contributed by atoms with Crippen LogP contribution in [0.25, 0.3) is 0 Å². The molecule has 0 aliphatic carbocycles. The highest BCUT2D eigenvalue weighted by Gasteiger charge is 2.63. The number of carbonyl (C=O) groups excluding carboxylic acids is 6. The number of hydrogen-bond acceptors (Lipinski definition) is 18. The molecule has 0 bridgehead atoms. The number of Topliss-reactive ketones (excluding diaryl/α,β-unsaturated/α-hetero) is 2. The lowest BCUT2D eigenvalue weighted by molar-refractivity contribution is -0.121. The van der Waals surface area contributed by atoms with Gasteiger partial charge < -0.3 is 58.3 Å². The first kappa shape index (κ1) is 81.5. The molecular formula is C78H82Cl4F4N6O14. The predicted molar refractivity (Wildman–Crippen MR) is 386 cm³/mol. The number of esters is 2.